The highest BCUT2D eigenvalue weighted by atomic mass is 16.6. The summed E-state index contributed by atoms with van der Waals surface area (Å²) in [5.74, 6) is -2.06. The number of hydrogen-bond acceptors (Lipinski definition) is 8. The second-order valence-electron chi connectivity index (χ2n) is 6.83. The molecule has 0 aromatic carbocycles. The third-order valence-electron chi connectivity index (χ3n) is 4.12. The molecule has 0 aromatic rings. The number of hydrogen-bond donors (Lipinski definition) is 0. The zero-order valence-corrected chi connectivity index (χ0v) is 19.2. The van der Waals surface area contributed by atoms with Crippen LogP contribution in [0.3, 0.4) is 0 Å². The van der Waals surface area contributed by atoms with Gasteiger partial charge >= 0.3 is 11.9 Å². The fourth-order valence-corrected chi connectivity index (χ4v) is 2.36. The highest BCUT2D eigenvalue weighted by molar-refractivity contribution is 5.94. The molecule has 0 radical (unpaired) electrons. The third kappa shape index (κ3) is 17.6. The van der Waals surface area contributed by atoms with Gasteiger partial charge in [0.05, 0.1) is 39.6 Å². The molecule has 0 atom stereocenters. The van der Waals surface area contributed by atoms with Crippen molar-refractivity contribution >= 4 is 11.9 Å². The summed E-state index contributed by atoms with van der Waals surface area (Å²) < 4.78 is 31.8. The smallest absolute Gasteiger partial charge is 0.320 e. The van der Waals surface area contributed by atoms with Crippen molar-refractivity contribution in [3.63, 3.8) is 0 Å². The van der Waals surface area contributed by atoms with E-state index >= 15 is 0 Å². The zero-order valence-electron chi connectivity index (χ0n) is 19.2. The minimum absolute atomic E-state index is 0.0996. The molecule has 0 unspecified atom stereocenters. The molecule has 0 aliphatic rings. The maximum absolute atomic E-state index is 12.2. The van der Waals surface area contributed by atoms with Gasteiger partial charge in [0, 0.05) is 13.2 Å². The number of unbranched alkanes of at least 4 members (excludes halogenated alkanes) is 2. The quantitative estimate of drug-likeness (QED) is 0.146. The van der Waals surface area contributed by atoms with E-state index in [2.05, 4.69) is 13.8 Å². The van der Waals surface area contributed by atoms with Gasteiger partial charge in [0.2, 0.25) is 0 Å². The first-order valence-electron chi connectivity index (χ1n) is 11.3. The Bertz CT molecular complexity index is 369. The van der Waals surface area contributed by atoms with Crippen molar-refractivity contribution in [2.24, 2.45) is 5.92 Å². The monoisotopic (exact) mass is 434 g/mol. The summed E-state index contributed by atoms with van der Waals surface area (Å²) in [5, 5.41) is 0. The van der Waals surface area contributed by atoms with E-state index in [1.807, 2.05) is 6.92 Å². The predicted octanol–water partition coefficient (Wildman–Crippen LogP) is 3.16. The van der Waals surface area contributed by atoms with E-state index in [9.17, 15) is 9.59 Å². The summed E-state index contributed by atoms with van der Waals surface area (Å²) >= 11 is 0. The first kappa shape index (κ1) is 28.8. The Hall–Kier alpha value is -1.22. The van der Waals surface area contributed by atoms with E-state index in [1.54, 1.807) is 0 Å². The van der Waals surface area contributed by atoms with Gasteiger partial charge in [-0.2, -0.15) is 0 Å². The van der Waals surface area contributed by atoms with E-state index in [1.165, 1.54) is 0 Å². The van der Waals surface area contributed by atoms with Gasteiger partial charge in [-0.05, 0) is 19.3 Å². The standard InChI is InChI=1S/C22H42O8/c1-4-7-10-25-12-14-27-16-18-29-21(23)20(9-6-3)22(24)30-19-17-28-15-13-26-11-8-5-2/h20H,4-19H2,1-3H3. The fourth-order valence-electron chi connectivity index (χ4n) is 2.36. The van der Waals surface area contributed by atoms with Gasteiger partial charge in [0.1, 0.15) is 13.2 Å². The van der Waals surface area contributed by atoms with Crippen LogP contribution in [0.2, 0.25) is 0 Å². The molecule has 0 rings (SSSR count). The van der Waals surface area contributed by atoms with Crippen molar-refractivity contribution in [2.45, 2.75) is 59.3 Å². The van der Waals surface area contributed by atoms with Crippen LogP contribution in [0, 0.1) is 5.92 Å². The van der Waals surface area contributed by atoms with Crippen molar-refractivity contribution in [1.82, 2.24) is 0 Å². The van der Waals surface area contributed by atoms with Crippen molar-refractivity contribution in [3.05, 3.63) is 0 Å². The Kier molecular flexibility index (Phi) is 21.6. The third-order valence-corrected chi connectivity index (χ3v) is 4.12. The van der Waals surface area contributed by atoms with E-state index in [0.717, 1.165) is 38.9 Å². The van der Waals surface area contributed by atoms with Crippen molar-refractivity contribution in [1.29, 1.82) is 0 Å². The lowest BCUT2D eigenvalue weighted by Crippen LogP contribution is -2.29. The summed E-state index contributed by atoms with van der Waals surface area (Å²) in [7, 11) is 0. The normalized spacial score (nSPS) is 11.1. The molecule has 178 valence electrons. The molecule has 0 amide bonds. The predicted molar refractivity (Wildman–Crippen MR) is 113 cm³/mol. The van der Waals surface area contributed by atoms with Gasteiger partial charge in [-0.3, -0.25) is 9.59 Å². The zero-order chi connectivity index (χ0) is 22.3. The van der Waals surface area contributed by atoms with Crippen LogP contribution in [0.5, 0.6) is 0 Å². The highest BCUT2D eigenvalue weighted by Gasteiger charge is 2.28. The molecule has 0 saturated heterocycles. The van der Waals surface area contributed by atoms with Crippen LogP contribution in [0.25, 0.3) is 0 Å². The van der Waals surface area contributed by atoms with Crippen LogP contribution >= 0.6 is 0 Å². The van der Waals surface area contributed by atoms with Crippen molar-refractivity contribution in [3.8, 4) is 0 Å². The summed E-state index contributed by atoms with van der Waals surface area (Å²) in [6, 6.07) is 0. The number of carbonyl (C=O) groups is 2. The fraction of sp³-hybridized carbons (Fsp3) is 0.909. The van der Waals surface area contributed by atoms with E-state index in [-0.39, 0.29) is 26.4 Å². The Balaban J connectivity index is 3.83. The van der Waals surface area contributed by atoms with Crippen LogP contribution in [0.15, 0.2) is 0 Å². The van der Waals surface area contributed by atoms with E-state index < -0.39 is 17.9 Å². The second-order valence-corrected chi connectivity index (χ2v) is 6.83. The Morgan fingerprint density at radius 2 is 0.900 bits per heavy atom. The van der Waals surface area contributed by atoms with Crippen LogP contribution < -0.4 is 0 Å². The molecule has 0 aliphatic carbocycles. The average Bonchev–Trinajstić information content (AvgIpc) is 2.74. The van der Waals surface area contributed by atoms with E-state index in [4.69, 9.17) is 28.4 Å². The lowest BCUT2D eigenvalue weighted by molar-refractivity contribution is -0.164. The average molecular weight is 435 g/mol. The summed E-state index contributed by atoms with van der Waals surface area (Å²) in [4.78, 5) is 24.4. The van der Waals surface area contributed by atoms with Gasteiger partial charge in [0.25, 0.3) is 0 Å². The molecule has 30 heavy (non-hydrogen) atoms. The van der Waals surface area contributed by atoms with Gasteiger partial charge in [-0.25, -0.2) is 0 Å². The van der Waals surface area contributed by atoms with Crippen LogP contribution in [0.4, 0.5) is 0 Å². The Labute approximate surface area is 181 Å². The topological polar surface area (TPSA) is 89.5 Å². The van der Waals surface area contributed by atoms with Crippen molar-refractivity contribution in [2.75, 3.05) is 66.1 Å². The van der Waals surface area contributed by atoms with Crippen molar-refractivity contribution < 1.29 is 38.0 Å². The second kappa shape index (κ2) is 22.5. The largest absolute Gasteiger partial charge is 0.463 e. The number of ether oxygens (including phenoxy) is 6. The minimum atomic E-state index is -0.912. The Morgan fingerprint density at radius 3 is 1.27 bits per heavy atom. The van der Waals surface area contributed by atoms with Crippen LogP contribution in [-0.4, -0.2) is 78.0 Å². The summed E-state index contributed by atoms with van der Waals surface area (Å²) in [6.07, 6.45) is 5.32. The lowest BCUT2D eigenvalue weighted by Gasteiger charge is -2.15. The first-order chi connectivity index (χ1) is 14.7. The SMILES string of the molecule is CCCCOCCOCCOC(=O)C(CCC)C(=O)OCCOCCOCCCC. The highest BCUT2D eigenvalue weighted by Crippen LogP contribution is 2.11. The van der Waals surface area contributed by atoms with E-state index in [0.29, 0.717) is 39.3 Å². The summed E-state index contributed by atoms with van der Waals surface area (Å²) in [5.41, 5.74) is 0. The molecule has 8 heteroatoms. The van der Waals surface area contributed by atoms with Gasteiger partial charge in [0.15, 0.2) is 5.92 Å². The van der Waals surface area contributed by atoms with Gasteiger partial charge in [-0.15, -0.1) is 0 Å². The van der Waals surface area contributed by atoms with Gasteiger partial charge in [-0.1, -0.05) is 40.0 Å². The van der Waals surface area contributed by atoms with Gasteiger partial charge < -0.3 is 28.4 Å². The number of esters is 2. The molecule has 0 N–H and O–H groups in total. The summed E-state index contributed by atoms with van der Waals surface area (Å²) in [6.45, 7) is 10.2. The molecule has 0 fully saturated rings. The molecule has 8 nitrogen and oxygen atoms in total. The molecular weight excluding hydrogens is 392 g/mol. The first-order valence-corrected chi connectivity index (χ1v) is 11.3. The lowest BCUT2D eigenvalue weighted by atomic mass is 10.0. The molecule has 0 aliphatic heterocycles. The minimum Gasteiger partial charge on any atom is -0.463 e. The molecular formula is C22H42O8. The Morgan fingerprint density at radius 1 is 0.533 bits per heavy atom. The molecule has 0 aromatic heterocycles. The molecule has 0 heterocycles. The molecule has 0 spiro atoms. The number of rotatable bonds is 22. The van der Waals surface area contributed by atoms with Crippen LogP contribution in [-0.2, 0) is 38.0 Å². The molecule has 0 bridgehead atoms. The molecule has 0 saturated carbocycles. The van der Waals surface area contributed by atoms with Crippen LogP contribution in [0.1, 0.15) is 59.3 Å². The number of carbonyl (C=O) groups excluding carboxylic acids is 2. The maximum atomic E-state index is 12.2. The maximum Gasteiger partial charge on any atom is 0.320 e.